The number of carbonyl (C=O) groups is 6. The van der Waals surface area contributed by atoms with Crippen LogP contribution in [0.5, 0.6) is 0 Å². The van der Waals surface area contributed by atoms with E-state index >= 15 is 0 Å². The second-order valence-corrected chi connectivity index (χ2v) is 10.3. The van der Waals surface area contributed by atoms with E-state index < -0.39 is 11.6 Å². The van der Waals surface area contributed by atoms with Gasteiger partial charge in [0.15, 0.2) is 32.0 Å². The fraction of sp³-hybridized carbons (Fsp3) is 0.444. The molecule has 10 heteroatoms. The van der Waals surface area contributed by atoms with Gasteiger partial charge >= 0.3 is 0 Å². The minimum atomic E-state index is -0.402. The summed E-state index contributed by atoms with van der Waals surface area (Å²) in [4.78, 5) is 71.7. The Kier molecular flexibility index (Phi) is 10.5. The van der Waals surface area contributed by atoms with Crippen molar-refractivity contribution in [2.45, 2.75) is 27.7 Å². The van der Waals surface area contributed by atoms with Gasteiger partial charge < -0.3 is 0 Å². The molecule has 0 unspecified atom stereocenters. The largest absolute Gasteiger partial charge is 0.289 e. The van der Waals surface area contributed by atoms with E-state index in [-0.39, 0.29) is 65.8 Å². The molecule has 0 heterocycles. The minimum absolute atomic E-state index is 0.0229. The van der Waals surface area contributed by atoms with Gasteiger partial charge in [0, 0.05) is 73.0 Å². The predicted molar refractivity (Wildman–Crippen MR) is 117 cm³/mol. The number of carbonyl (C=O) groups excluding carboxylic acids is 6. The van der Waals surface area contributed by atoms with Crippen LogP contribution in [0.25, 0.3) is 0 Å². The molecule has 6 nitrogen and oxygen atoms in total. The Morgan fingerprint density at radius 1 is 0.500 bits per heavy atom. The van der Waals surface area contributed by atoms with Crippen LogP contribution >= 0.6 is 47.0 Å². The first kappa shape index (κ1) is 24.9. The van der Waals surface area contributed by atoms with Gasteiger partial charge in [-0.15, -0.1) is 0 Å². The van der Waals surface area contributed by atoms with Gasteiger partial charge in [0.05, 0.1) is 0 Å². The molecule has 0 atom stereocenters. The maximum Gasteiger partial charge on any atom is 0.187 e. The quantitative estimate of drug-likeness (QED) is 0.502. The van der Waals surface area contributed by atoms with E-state index in [1.165, 1.54) is 27.7 Å². The van der Waals surface area contributed by atoms with Crippen molar-refractivity contribution in [3.63, 3.8) is 0 Å². The van der Waals surface area contributed by atoms with Crippen LogP contribution in [0.3, 0.4) is 0 Å². The first-order valence-electron chi connectivity index (χ1n) is 8.11. The molecule has 0 saturated heterocycles. The van der Waals surface area contributed by atoms with Crippen LogP contribution < -0.4 is 0 Å². The van der Waals surface area contributed by atoms with Gasteiger partial charge in [-0.3, -0.25) is 28.8 Å². The van der Waals surface area contributed by atoms with Crippen LogP contribution in [-0.2, 0) is 28.8 Å². The molecule has 1 aliphatic carbocycles. The summed E-state index contributed by atoms with van der Waals surface area (Å²) in [5.41, 5.74) is 0.758. The van der Waals surface area contributed by atoms with Gasteiger partial charge in [0.25, 0.3) is 0 Å². The number of rotatable bonds is 8. The zero-order chi connectivity index (χ0) is 21.4. The molecule has 0 aromatic rings. The Balaban J connectivity index is 3.38. The summed E-state index contributed by atoms with van der Waals surface area (Å²) >= 11 is 3.63. The van der Waals surface area contributed by atoms with E-state index in [1.54, 1.807) is 0 Å². The Morgan fingerprint density at radius 2 is 0.679 bits per heavy atom. The second-order valence-electron chi connectivity index (χ2n) is 5.69. The molecule has 0 aromatic carbocycles. The number of thioether (sulfide) groups is 4. The van der Waals surface area contributed by atoms with E-state index in [0.29, 0.717) is 0 Å². The summed E-state index contributed by atoms with van der Waals surface area (Å²) in [6, 6.07) is 0. The van der Waals surface area contributed by atoms with Crippen molar-refractivity contribution in [3.05, 3.63) is 22.3 Å². The monoisotopic (exact) mass is 460 g/mol. The third-order valence-electron chi connectivity index (χ3n) is 3.50. The summed E-state index contributed by atoms with van der Waals surface area (Å²) in [7, 11) is 0. The number of ketones is 2. The van der Waals surface area contributed by atoms with Crippen molar-refractivity contribution in [1.82, 2.24) is 0 Å². The fourth-order valence-corrected chi connectivity index (χ4v) is 4.83. The molecule has 0 aliphatic heterocycles. The molecule has 0 amide bonds. The Bertz CT molecular complexity index is 668. The lowest BCUT2D eigenvalue weighted by Crippen LogP contribution is -2.29. The molecular formula is C18H20O6S4. The van der Waals surface area contributed by atoms with Gasteiger partial charge in [0.2, 0.25) is 0 Å². The van der Waals surface area contributed by atoms with Crippen molar-refractivity contribution in [3.8, 4) is 0 Å². The molecular weight excluding hydrogens is 440 g/mol. The van der Waals surface area contributed by atoms with Crippen molar-refractivity contribution in [2.24, 2.45) is 0 Å². The molecule has 0 fully saturated rings. The average molecular weight is 461 g/mol. The summed E-state index contributed by atoms with van der Waals surface area (Å²) in [6.07, 6.45) is 0. The first-order valence-corrected chi connectivity index (χ1v) is 12.1. The van der Waals surface area contributed by atoms with Gasteiger partial charge in [-0.2, -0.15) is 0 Å². The molecule has 0 radical (unpaired) electrons. The zero-order valence-electron chi connectivity index (χ0n) is 15.9. The van der Waals surface area contributed by atoms with E-state index in [4.69, 9.17) is 0 Å². The lowest BCUT2D eigenvalue weighted by molar-refractivity contribution is -0.116. The summed E-state index contributed by atoms with van der Waals surface area (Å²) in [5.74, 6) is -0.713. The average Bonchev–Trinajstić information content (AvgIpc) is 2.57. The highest BCUT2D eigenvalue weighted by atomic mass is 32.2. The molecule has 28 heavy (non-hydrogen) atoms. The third-order valence-corrected chi connectivity index (χ3v) is 6.86. The zero-order valence-corrected chi connectivity index (χ0v) is 19.2. The molecule has 1 aliphatic rings. The fourth-order valence-electron chi connectivity index (χ4n) is 2.22. The van der Waals surface area contributed by atoms with E-state index in [2.05, 4.69) is 0 Å². The normalized spacial score (nSPS) is 14.6. The molecule has 0 aromatic heterocycles. The number of hydrogen-bond acceptors (Lipinski definition) is 10. The lowest BCUT2D eigenvalue weighted by atomic mass is 9.86. The lowest BCUT2D eigenvalue weighted by Gasteiger charge is -2.23. The van der Waals surface area contributed by atoms with Gasteiger partial charge in [-0.1, -0.05) is 47.0 Å². The molecule has 0 spiro atoms. The van der Waals surface area contributed by atoms with Crippen LogP contribution in [0.2, 0.25) is 0 Å². The van der Waals surface area contributed by atoms with Crippen molar-refractivity contribution in [2.75, 3.05) is 23.0 Å². The van der Waals surface area contributed by atoms with Crippen LogP contribution in [-0.4, -0.2) is 55.0 Å². The molecule has 152 valence electrons. The van der Waals surface area contributed by atoms with Crippen LogP contribution in [0.1, 0.15) is 27.7 Å². The minimum Gasteiger partial charge on any atom is -0.289 e. The van der Waals surface area contributed by atoms with E-state index in [9.17, 15) is 28.8 Å². The summed E-state index contributed by atoms with van der Waals surface area (Å²) in [5, 5.41) is -0.804. The standard InChI is InChI=1S/C18H20O6S4/c1-9(19)25-5-13-14(6-26-10(2)20)18(24)16(8-28-12(4)22)15(17(13)23)7-27-11(3)21/h5-8H2,1-4H3. The maximum absolute atomic E-state index is 13.1. The van der Waals surface area contributed by atoms with Crippen LogP contribution in [0.15, 0.2) is 22.3 Å². The Morgan fingerprint density at radius 3 is 0.821 bits per heavy atom. The van der Waals surface area contributed by atoms with Gasteiger partial charge in [-0.25, -0.2) is 0 Å². The Labute approximate surface area is 180 Å². The van der Waals surface area contributed by atoms with Crippen LogP contribution in [0.4, 0.5) is 0 Å². The van der Waals surface area contributed by atoms with Crippen molar-refractivity contribution < 1.29 is 28.8 Å². The molecule has 0 N–H and O–H groups in total. The number of Topliss-reactive ketones (excluding diaryl/α,β-unsaturated/α-hetero) is 2. The maximum atomic E-state index is 13.1. The van der Waals surface area contributed by atoms with Crippen molar-refractivity contribution >= 4 is 79.1 Å². The second kappa shape index (κ2) is 11.8. The van der Waals surface area contributed by atoms with Crippen molar-refractivity contribution in [1.29, 1.82) is 0 Å². The molecule has 0 bridgehead atoms. The highest BCUT2D eigenvalue weighted by Gasteiger charge is 2.34. The van der Waals surface area contributed by atoms with Crippen LogP contribution in [0, 0.1) is 0 Å². The Hall–Kier alpha value is -1.10. The highest BCUT2D eigenvalue weighted by molar-refractivity contribution is 8.14. The summed E-state index contributed by atoms with van der Waals surface area (Å²) in [6.45, 7) is 5.45. The van der Waals surface area contributed by atoms with Gasteiger partial charge in [-0.05, 0) is 0 Å². The topological polar surface area (TPSA) is 102 Å². The number of hydrogen-bond donors (Lipinski definition) is 0. The highest BCUT2D eigenvalue weighted by Crippen LogP contribution is 2.33. The first-order chi connectivity index (χ1) is 13.0. The molecule has 1 rings (SSSR count). The van der Waals surface area contributed by atoms with E-state index in [1.807, 2.05) is 0 Å². The van der Waals surface area contributed by atoms with Gasteiger partial charge in [0.1, 0.15) is 0 Å². The van der Waals surface area contributed by atoms with E-state index in [0.717, 1.165) is 47.0 Å². The SMILES string of the molecule is CC(=O)SCC1=C(CSC(C)=O)C(=O)C(CSC(C)=O)=C(CSC(C)=O)C1=O. The smallest absolute Gasteiger partial charge is 0.187 e. The summed E-state index contributed by atoms with van der Waals surface area (Å²) < 4.78 is 0. The predicted octanol–water partition coefficient (Wildman–Crippen LogP) is 2.85. The third kappa shape index (κ3) is 7.73. The molecule has 0 saturated carbocycles.